The van der Waals surface area contributed by atoms with Crippen LogP contribution in [-0.2, 0) is 16.1 Å². The zero-order chi connectivity index (χ0) is 13.1. The van der Waals surface area contributed by atoms with E-state index in [9.17, 15) is 9.90 Å². The standard InChI is InChI=1S/C12H14O6/c1-16-6-8-7(10(13)12(14)15)2-3-9-11(8)18-5-4-17-9/h2-3,10,13H,4-6H2,1H3,(H,14,15). The highest BCUT2D eigenvalue weighted by Gasteiger charge is 2.25. The van der Waals surface area contributed by atoms with Crippen molar-refractivity contribution in [3.05, 3.63) is 23.3 Å². The summed E-state index contributed by atoms with van der Waals surface area (Å²) >= 11 is 0. The van der Waals surface area contributed by atoms with Gasteiger partial charge in [0.1, 0.15) is 13.2 Å². The predicted octanol–water partition coefficient (Wildman–Crippen LogP) is 0.722. The molecule has 0 aliphatic carbocycles. The smallest absolute Gasteiger partial charge is 0.337 e. The summed E-state index contributed by atoms with van der Waals surface area (Å²) < 4.78 is 15.9. The van der Waals surface area contributed by atoms with E-state index in [1.807, 2.05) is 0 Å². The molecular formula is C12H14O6. The van der Waals surface area contributed by atoms with Gasteiger partial charge in [-0.15, -0.1) is 0 Å². The number of carboxylic acid groups (broad SMARTS) is 1. The minimum absolute atomic E-state index is 0.145. The lowest BCUT2D eigenvalue weighted by Gasteiger charge is -2.23. The quantitative estimate of drug-likeness (QED) is 0.823. The van der Waals surface area contributed by atoms with Crippen molar-refractivity contribution in [1.82, 2.24) is 0 Å². The molecule has 6 nitrogen and oxygen atoms in total. The van der Waals surface area contributed by atoms with Gasteiger partial charge in [0, 0.05) is 18.2 Å². The molecule has 98 valence electrons. The van der Waals surface area contributed by atoms with Gasteiger partial charge in [0.05, 0.1) is 6.61 Å². The lowest BCUT2D eigenvalue weighted by atomic mass is 10.0. The molecule has 0 amide bonds. The van der Waals surface area contributed by atoms with Gasteiger partial charge in [-0.1, -0.05) is 6.07 Å². The van der Waals surface area contributed by atoms with E-state index in [0.29, 0.717) is 30.3 Å². The first-order chi connectivity index (χ1) is 8.65. The maximum Gasteiger partial charge on any atom is 0.337 e. The molecule has 18 heavy (non-hydrogen) atoms. The Morgan fingerprint density at radius 2 is 2.17 bits per heavy atom. The Bertz CT molecular complexity index is 456. The number of aliphatic hydroxyl groups is 1. The Kier molecular flexibility index (Phi) is 3.69. The van der Waals surface area contributed by atoms with Crippen LogP contribution in [0, 0.1) is 0 Å². The van der Waals surface area contributed by atoms with Crippen LogP contribution < -0.4 is 9.47 Å². The van der Waals surface area contributed by atoms with Gasteiger partial charge in [-0.3, -0.25) is 0 Å². The number of aliphatic hydroxyl groups excluding tert-OH is 1. The fourth-order valence-corrected chi connectivity index (χ4v) is 1.87. The van der Waals surface area contributed by atoms with E-state index in [4.69, 9.17) is 19.3 Å². The monoisotopic (exact) mass is 254 g/mol. The van der Waals surface area contributed by atoms with Gasteiger partial charge in [-0.05, 0) is 6.07 Å². The topological polar surface area (TPSA) is 85.2 Å². The number of hydrogen-bond donors (Lipinski definition) is 2. The number of hydrogen-bond acceptors (Lipinski definition) is 5. The summed E-state index contributed by atoms with van der Waals surface area (Å²) in [4.78, 5) is 10.9. The summed E-state index contributed by atoms with van der Waals surface area (Å²) in [6, 6.07) is 3.11. The first-order valence-corrected chi connectivity index (χ1v) is 5.46. The minimum Gasteiger partial charge on any atom is -0.486 e. The number of benzene rings is 1. The first kappa shape index (κ1) is 12.7. The molecule has 0 fully saturated rings. The maximum absolute atomic E-state index is 10.9. The molecule has 1 aromatic rings. The van der Waals surface area contributed by atoms with Gasteiger partial charge in [0.25, 0.3) is 0 Å². The van der Waals surface area contributed by atoms with Gasteiger partial charge in [-0.2, -0.15) is 0 Å². The zero-order valence-corrected chi connectivity index (χ0v) is 9.88. The number of fused-ring (bicyclic) bond motifs is 1. The third-order valence-electron chi connectivity index (χ3n) is 2.67. The maximum atomic E-state index is 10.9. The number of methoxy groups -OCH3 is 1. The molecule has 2 N–H and O–H groups in total. The van der Waals surface area contributed by atoms with Crippen LogP contribution in [0.25, 0.3) is 0 Å². The molecule has 0 radical (unpaired) electrons. The van der Waals surface area contributed by atoms with Gasteiger partial charge >= 0.3 is 5.97 Å². The van der Waals surface area contributed by atoms with E-state index in [1.165, 1.54) is 13.2 Å². The molecule has 0 aromatic heterocycles. The molecule has 1 aliphatic rings. The fraction of sp³-hybridized carbons (Fsp3) is 0.417. The number of carbonyl (C=O) groups is 1. The summed E-state index contributed by atoms with van der Waals surface area (Å²) in [6.07, 6.45) is -1.61. The van der Waals surface area contributed by atoms with Crippen molar-refractivity contribution in [2.75, 3.05) is 20.3 Å². The first-order valence-electron chi connectivity index (χ1n) is 5.46. The van der Waals surface area contributed by atoms with Gasteiger partial charge in [0.15, 0.2) is 17.6 Å². The second kappa shape index (κ2) is 5.24. The SMILES string of the molecule is COCc1c(C(O)C(=O)O)ccc2c1OCCO2. The Balaban J connectivity index is 2.49. The fourth-order valence-electron chi connectivity index (χ4n) is 1.87. The second-order valence-corrected chi connectivity index (χ2v) is 3.83. The molecule has 1 aliphatic heterocycles. The number of aliphatic carboxylic acids is 1. The van der Waals surface area contributed by atoms with Crippen molar-refractivity contribution in [2.24, 2.45) is 0 Å². The minimum atomic E-state index is -1.61. The molecule has 1 unspecified atom stereocenters. The highest BCUT2D eigenvalue weighted by molar-refractivity contribution is 5.75. The van der Waals surface area contributed by atoms with E-state index in [-0.39, 0.29) is 12.2 Å². The number of rotatable bonds is 4. The van der Waals surface area contributed by atoms with Crippen molar-refractivity contribution in [2.45, 2.75) is 12.7 Å². The molecule has 0 bridgehead atoms. The van der Waals surface area contributed by atoms with Gasteiger partial charge in [0.2, 0.25) is 0 Å². The van der Waals surface area contributed by atoms with Crippen LogP contribution in [0.4, 0.5) is 0 Å². The molecule has 0 spiro atoms. The average Bonchev–Trinajstić information content (AvgIpc) is 2.38. The molecule has 0 saturated heterocycles. The van der Waals surface area contributed by atoms with Crippen molar-refractivity contribution in [3.63, 3.8) is 0 Å². The van der Waals surface area contributed by atoms with Crippen LogP contribution in [0.3, 0.4) is 0 Å². The molecule has 0 saturated carbocycles. The van der Waals surface area contributed by atoms with E-state index in [2.05, 4.69) is 0 Å². The highest BCUT2D eigenvalue weighted by Crippen LogP contribution is 2.38. The zero-order valence-electron chi connectivity index (χ0n) is 9.88. The Morgan fingerprint density at radius 1 is 1.44 bits per heavy atom. The Labute approximate surface area is 104 Å². The van der Waals surface area contributed by atoms with Crippen LogP contribution in [0.1, 0.15) is 17.2 Å². The van der Waals surface area contributed by atoms with Crippen LogP contribution in [0.2, 0.25) is 0 Å². The van der Waals surface area contributed by atoms with Crippen molar-refractivity contribution in [3.8, 4) is 11.5 Å². The summed E-state index contributed by atoms with van der Waals surface area (Å²) in [5, 5.41) is 18.5. The van der Waals surface area contributed by atoms with Crippen LogP contribution in [0.5, 0.6) is 11.5 Å². The molecular weight excluding hydrogens is 240 g/mol. The lowest BCUT2D eigenvalue weighted by Crippen LogP contribution is -2.19. The summed E-state index contributed by atoms with van der Waals surface area (Å²) in [6.45, 7) is 0.975. The third kappa shape index (κ3) is 2.25. The number of ether oxygens (including phenoxy) is 3. The van der Waals surface area contributed by atoms with Crippen molar-refractivity contribution >= 4 is 5.97 Å². The van der Waals surface area contributed by atoms with Crippen LogP contribution in [0.15, 0.2) is 12.1 Å². The molecule has 1 aromatic carbocycles. The van der Waals surface area contributed by atoms with E-state index in [1.54, 1.807) is 6.07 Å². The van der Waals surface area contributed by atoms with E-state index < -0.39 is 12.1 Å². The molecule has 6 heteroatoms. The number of carboxylic acids is 1. The van der Waals surface area contributed by atoms with Crippen molar-refractivity contribution in [1.29, 1.82) is 0 Å². The summed E-state index contributed by atoms with van der Waals surface area (Å²) in [5.74, 6) is -0.334. The van der Waals surface area contributed by atoms with Crippen LogP contribution in [-0.4, -0.2) is 36.5 Å². The summed E-state index contributed by atoms with van der Waals surface area (Å²) in [7, 11) is 1.49. The largest absolute Gasteiger partial charge is 0.486 e. The van der Waals surface area contributed by atoms with E-state index in [0.717, 1.165) is 0 Å². The summed E-state index contributed by atoms with van der Waals surface area (Å²) in [5.41, 5.74) is 0.762. The molecule has 2 rings (SSSR count). The Hall–Kier alpha value is -1.79. The van der Waals surface area contributed by atoms with Crippen LogP contribution >= 0.6 is 0 Å². The molecule has 1 atom stereocenters. The normalized spacial score (nSPS) is 15.2. The predicted molar refractivity (Wildman–Crippen MR) is 60.7 cm³/mol. The lowest BCUT2D eigenvalue weighted by molar-refractivity contribution is -0.147. The average molecular weight is 254 g/mol. The van der Waals surface area contributed by atoms with Gasteiger partial charge in [-0.25, -0.2) is 4.79 Å². The molecule has 1 heterocycles. The second-order valence-electron chi connectivity index (χ2n) is 3.83. The van der Waals surface area contributed by atoms with Crippen molar-refractivity contribution < 1.29 is 29.2 Å². The Morgan fingerprint density at radius 3 is 2.83 bits per heavy atom. The van der Waals surface area contributed by atoms with Gasteiger partial charge < -0.3 is 24.4 Å². The van der Waals surface area contributed by atoms with E-state index >= 15 is 0 Å². The third-order valence-corrected chi connectivity index (χ3v) is 2.67. The highest BCUT2D eigenvalue weighted by atomic mass is 16.6.